The molecule has 36 heavy (non-hydrogen) atoms. The largest absolute Gasteiger partial charge is 0.478 e. The van der Waals surface area contributed by atoms with Crippen molar-refractivity contribution in [2.75, 3.05) is 18.9 Å². The fraction of sp³-hybridized carbons (Fsp3) is 0.120. The molecule has 186 valence electrons. The second-order valence-electron chi connectivity index (χ2n) is 7.75. The van der Waals surface area contributed by atoms with Crippen LogP contribution in [0.5, 0.6) is 0 Å². The van der Waals surface area contributed by atoms with Crippen molar-refractivity contribution in [3.8, 4) is 22.5 Å². The van der Waals surface area contributed by atoms with Crippen molar-refractivity contribution in [2.24, 2.45) is 0 Å². The number of carboxylic acid groups (broad SMARTS) is 1. The Morgan fingerprint density at radius 2 is 1.69 bits per heavy atom. The first kappa shape index (κ1) is 25.5. The Kier molecular flexibility index (Phi) is 6.94. The summed E-state index contributed by atoms with van der Waals surface area (Å²) in [5, 5.41) is 14.7. The fourth-order valence-electron chi connectivity index (χ4n) is 3.74. The number of carboxylic acids is 1. The molecule has 1 amide bonds. The van der Waals surface area contributed by atoms with Crippen LogP contribution >= 0.6 is 22.6 Å². The number of carbonyl (C=O) groups excluding carboxylic acids is 1. The molecule has 4 aromatic rings. The van der Waals surface area contributed by atoms with Crippen molar-refractivity contribution in [3.05, 3.63) is 75.1 Å². The second-order valence-corrected chi connectivity index (χ2v) is 8.92. The summed E-state index contributed by atoms with van der Waals surface area (Å²) in [5.41, 5.74) is 1.17. The van der Waals surface area contributed by atoms with Crippen LogP contribution in [-0.4, -0.2) is 36.8 Å². The van der Waals surface area contributed by atoms with Crippen molar-refractivity contribution in [3.63, 3.8) is 0 Å². The number of nitrogens with one attached hydrogen (secondary N) is 2. The van der Waals surface area contributed by atoms with Gasteiger partial charge < -0.3 is 20.2 Å². The average Bonchev–Trinajstić information content (AvgIpc) is 3.20. The number of halogens is 5. The first-order chi connectivity index (χ1) is 17.0. The zero-order chi connectivity index (χ0) is 26.2. The summed E-state index contributed by atoms with van der Waals surface area (Å²) in [6.07, 6.45) is -4.53. The molecule has 0 bridgehead atoms. The quantitative estimate of drug-likeness (QED) is 0.170. The maximum Gasteiger partial charge on any atom is 0.405 e. The topological polar surface area (TPSA) is 91.6 Å². The number of amides is 1. The van der Waals surface area contributed by atoms with E-state index in [0.717, 1.165) is 0 Å². The Balaban J connectivity index is 2.00. The van der Waals surface area contributed by atoms with Gasteiger partial charge in [0.15, 0.2) is 0 Å². The molecule has 6 nitrogen and oxygen atoms in total. The van der Waals surface area contributed by atoms with Gasteiger partial charge >= 0.3 is 12.1 Å². The molecule has 0 unspecified atom stereocenters. The lowest BCUT2D eigenvalue weighted by atomic mass is 9.97. The standard InChI is InChI=1S/C25H17F4IN2O4/c1-31-23(33)21-17-9-15(13-4-7-18(30)16(8-13)24(34)35)19(32-11-25(27,28)29)10-20(17)36-22(21)12-2-5-14(26)6-3-12/h2-10,32H,11H2,1H3,(H,31,33)(H,34,35). The van der Waals surface area contributed by atoms with Crippen LogP contribution in [0.3, 0.4) is 0 Å². The van der Waals surface area contributed by atoms with Gasteiger partial charge in [0.05, 0.1) is 11.1 Å². The van der Waals surface area contributed by atoms with Gasteiger partial charge in [-0.15, -0.1) is 0 Å². The third kappa shape index (κ3) is 5.15. The highest BCUT2D eigenvalue weighted by atomic mass is 127. The average molecular weight is 612 g/mol. The van der Waals surface area contributed by atoms with Crippen LogP contribution in [-0.2, 0) is 0 Å². The second kappa shape index (κ2) is 9.80. The van der Waals surface area contributed by atoms with E-state index in [1.165, 1.54) is 55.6 Å². The zero-order valence-corrected chi connectivity index (χ0v) is 20.6. The van der Waals surface area contributed by atoms with Crippen molar-refractivity contribution in [1.29, 1.82) is 0 Å². The number of anilines is 1. The molecule has 3 aromatic carbocycles. The van der Waals surface area contributed by atoms with Crippen molar-refractivity contribution in [1.82, 2.24) is 5.32 Å². The lowest BCUT2D eigenvalue weighted by Gasteiger charge is -2.15. The van der Waals surface area contributed by atoms with Crippen LogP contribution in [0.1, 0.15) is 20.7 Å². The normalized spacial score (nSPS) is 11.5. The number of rotatable bonds is 6. The monoisotopic (exact) mass is 612 g/mol. The maximum absolute atomic E-state index is 13.5. The van der Waals surface area contributed by atoms with Gasteiger partial charge in [0.1, 0.15) is 23.7 Å². The van der Waals surface area contributed by atoms with Crippen molar-refractivity contribution in [2.45, 2.75) is 6.18 Å². The molecule has 1 heterocycles. The molecule has 0 aliphatic carbocycles. The summed E-state index contributed by atoms with van der Waals surface area (Å²) in [7, 11) is 1.41. The summed E-state index contributed by atoms with van der Waals surface area (Å²) in [6.45, 7) is -1.35. The smallest absolute Gasteiger partial charge is 0.405 e. The number of hydrogen-bond donors (Lipinski definition) is 3. The summed E-state index contributed by atoms with van der Waals surface area (Å²) < 4.78 is 58.9. The van der Waals surface area contributed by atoms with Crippen LogP contribution in [0, 0.1) is 9.39 Å². The van der Waals surface area contributed by atoms with Gasteiger partial charge in [0.2, 0.25) is 0 Å². The highest BCUT2D eigenvalue weighted by molar-refractivity contribution is 14.1. The Labute approximate surface area is 215 Å². The lowest BCUT2D eigenvalue weighted by Crippen LogP contribution is -2.21. The van der Waals surface area contributed by atoms with Gasteiger partial charge in [0.25, 0.3) is 5.91 Å². The molecule has 0 aliphatic rings. The Hall–Kier alpha value is -3.61. The summed E-state index contributed by atoms with van der Waals surface area (Å²) in [5.74, 6) is -2.11. The van der Waals surface area contributed by atoms with Crippen molar-refractivity contribution >= 4 is 51.1 Å². The predicted molar refractivity (Wildman–Crippen MR) is 135 cm³/mol. The molecule has 1 aromatic heterocycles. The molecule has 3 N–H and O–H groups in total. The van der Waals surface area contributed by atoms with Gasteiger partial charge in [-0.1, -0.05) is 6.07 Å². The van der Waals surface area contributed by atoms with Crippen LogP contribution in [0.25, 0.3) is 33.4 Å². The Morgan fingerprint density at radius 3 is 2.31 bits per heavy atom. The summed E-state index contributed by atoms with van der Waals surface area (Å²) >= 11 is 1.85. The van der Waals surface area contributed by atoms with E-state index in [-0.39, 0.29) is 39.1 Å². The van der Waals surface area contributed by atoms with E-state index in [1.54, 1.807) is 6.07 Å². The molecular weight excluding hydrogens is 595 g/mol. The minimum absolute atomic E-state index is 0.0271. The number of aromatic carboxylic acids is 1. The van der Waals surface area contributed by atoms with Crippen LogP contribution < -0.4 is 10.6 Å². The molecule has 4 rings (SSSR count). The highest BCUT2D eigenvalue weighted by Gasteiger charge is 2.28. The first-order valence-electron chi connectivity index (χ1n) is 10.4. The van der Waals surface area contributed by atoms with Gasteiger partial charge in [0, 0.05) is 38.9 Å². The van der Waals surface area contributed by atoms with E-state index in [9.17, 15) is 32.3 Å². The molecule has 0 atom stereocenters. The van der Waals surface area contributed by atoms with Gasteiger partial charge in [-0.3, -0.25) is 4.79 Å². The molecule has 11 heteroatoms. The number of alkyl halides is 3. The number of benzene rings is 3. The van der Waals surface area contributed by atoms with E-state index >= 15 is 0 Å². The van der Waals surface area contributed by atoms with E-state index in [0.29, 0.717) is 14.7 Å². The predicted octanol–water partition coefficient (Wildman–Crippen LogP) is 6.54. The van der Waals surface area contributed by atoms with E-state index < -0.39 is 30.4 Å². The number of furan rings is 1. The van der Waals surface area contributed by atoms with Gasteiger partial charge in [-0.25, -0.2) is 9.18 Å². The zero-order valence-electron chi connectivity index (χ0n) is 18.5. The minimum atomic E-state index is -4.53. The number of carbonyl (C=O) groups is 2. The molecule has 0 fully saturated rings. The lowest BCUT2D eigenvalue weighted by molar-refractivity contribution is -0.115. The first-order valence-corrected chi connectivity index (χ1v) is 11.5. The molecular formula is C25H17F4IN2O4. The molecule has 0 aliphatic heterocycles. The minimum Gasteiger partial charge on any atom is -0.478 e. The molecule has 0 saturated carbocycles. The summed E-state index contributed by atoms with van der Waals surface area (Å²) in [6, 6.07) is 12.5. The Morgan fingerprint density at radius 1 is 1.03 bits per heavy atom. The van der Waals surface area contributed by atoms with E-state index in [2.05, 4.69) is 10.6 Å². The third-order valence-corrected chi connectivity index (χ3v) is 6.32. The van der Waals surface area contributed by atoms with Crippen LogP contribution in [0.2, 0.25) is 0 Å². The third-order valence-electron chi connectivity index (χ3n) is 5.38. The van der Waals surface area contributed by atoms with Crippen LogP contribution in [0.15, 0.2) is 59.0 Å². The van der Waals surface area contributed by atoms with Gasteiger partial charge in [-0.2, -0.15) is 13.2 Å². The van der Waals surface area contributed by atoms with Crippen LogP contribution in [0.4, 0.5) is 23.2 Å². The SMILES string of the molecule is CNC(=O)c1c(-c2ccc(F)cc2)oc2cc(NCC(F)(F)F)c(-c3ccc(I)c(C(=O)O)c3)cc12. The molecule has 0 spiro atoms. The van der Waals surface area contributed by atoms with Crippen molar-refractivity contribution < 1.29 is 36.7 Å². The maximum atomic E-state index is 13.5. The van der Waals surface area contributed by atoms with E-state index in [4.69, 9.17) is 4.42 Å². The fourth-order valence-corrected chi connectivity index (χ4v) is 4.30. The summed E-state index contributed by atoms with van der Waals surface area (Å²) in [4.78, 5) is 24.5. The number of fused-ring (bicyclic) bond motifs is 1. The van der Waals surface area contributed by atoms with Gasteiger partial charge in [-0.05, 0) is 70.6 Å². The molecule has 0 saturated heterocycles. The highest BCUT2D eigenvalue weighted by Crippen LogP contribution is 2.40. The Bertz CT molecular complexity index is 1480. The van der Waals surface area contributed by atoms with E-state index in [1.807, 2.05) is 22.6 Å². The molecule has 0 radical (unpaired) electrons. The number of hydrogen-bond acceptors (Lipinski definition) is 4.